The van der Waals surface area contributed by atoms with Gasteiger partial charge in [-0.25, -0.2) is 0 Å². The van der Waals surface area contributed by atoms with Gasteiger partial charge in [-0.15, -0.1) is 0 Å². The summed E-state index contributed by atoms with van der Waals surface area (Å²) in [7, 11) is -6.44. The summed E-state index contributed by atoms with van der Waals surface area (Å²) in [6.45, 7) is 10.7. The molecule has 6 saturated carbocycles. The first kappa shape index (κ1) is 42.1. The maximum atomic E-state index is 13.6. The lowest BCUT2D eigenvalue weighted by Crippen LogP contribution is -2.76. The van der Waals surface area contributed by atoms with Crippen LogP contribution in [-0.4, -0.2) is 122 Å². The molecule has 64 heavy (non-hydrogen) atoms. The fourth-order valence-corrected chi connectivity index (χ4v) is 18.1. The van der Waals surface area contributed by atoms with Gasteiger partial charge in [-0.1, -0.05) is 12.2 Å². The van der Waals surface area contributed by atoms with E-state index in [1.54, 1.807) is 26.2 Å². The van der Waals surface area contributed by atoms with E-state index in [-0.39, 0.29) is 73.0 Å². The van der Waals surface area contributed by atoms with Crippen molar-refractivity contribution in [1.82, 2.24) is 9.80 Å². The summed E-state index contributed by atoms with van der Waals surface area (Å²) in [5, 5.41) is 25.4. The number of carbonyl (C=O) groups is 4. The Balaban J connectivity index is 0.695. The molecule has 0 amide bonds. The number of carbonyl (C=O) groups excluding carboxylic acids is 4. The van der Waals surface area contributed by atoms with E-state index in [1.807, 2.05) is 12.2 Å². The number of allylic oxidation sites excluding steroid dienone is 6. The minimum Gasteiger partial charge on any atom is -0.509 e. The van der Waals surface area contributed by atoms with Gasteiger partial charge in [-0.3, -0.25) is 29.0 Å². The Hall–Kier alpha value is -3.29. The number of piperidine rings is 2. The van der Waals surface area contributed by atoms with E-state index in [4.69, 9.17) is 27.2 Å². The highest BCUT2D eigenvalue weighted by Gasteiger charge is 2.79. The highest BCUT2D eigenvalue weighted by molar-refractivity contribution is 6.67. The van der Waals surface area contributed by atoms with Crippen LogP contribution in [0.4, 0.5) is 0 Å². The molecule has 4 saturated heterocycles. The molecule has 0 aromatic rings. The molecule has 346 valence electrons. The van der Waals surface area contributed by atoms with Crippen LogP contribution in [0, 0.1) is 46.3 Å². The minimum atomic E-state index is -3.22. The van der Waals surface area contributed by atoms with Crippen LogP contribution >= 0.6 is 0 Å². The van der Waals surface area contributed by atoms with Gasteiger partial charge in [-0.05, 0) is 113 Å². The van der Waals surface area contributed by atoms with Crippen LogP contribution in [0.5, 0.6) is 0 Å². The number of Topliss-reactive ketones (excluding diaryl/α,β-unsaturated/α-hetero) is 2. The van der Waals surface area contributed by atoms with Crippen molar-refractivity contribution in [3.05, 3.63) is 47.3 Å². The van der Waals surface area contributed by atoms with Crippen molar-refractivity contribution in [3.63, 3.8) is 0 Å². The van der Waals surface area contributed by atoms with Crippen LogP contribution in [-0.2, 0) is 46.4 Å². The molecule has 4 bridgehead atoms. The van der Waals surface area contributed by atoms with Crippen molar-refractivity contribution in [1.29, 1.82) is 0 Å². The summed E-state index contributed by atoms with van der Waals surface area (Å²) in [6.07, 6.45) is 15.6. The quantitative estimate of drug-likeness (QED) is 0.235. The number of hydrogen-bond acceptors (Lipinski definition) is 14. The first-order valence-corrected chi connectivity index (χ1v) is 30.1. The molecule has 2 N–H and O–H groups in total. The Morgan fingerprint density at radius 1 is 0.672 bits per heavy atom. The summed E-state index contributed by atoms with van der Waals surface area (Å²) in [4.78, 5) is 58.9. The summed E-state index contributed by atoms with van der Waals surface area (Å²) in [6, 6.07) is -0.0441. The lowest BCUT2D eigenvalue weighted by molar-refractivity contribution is -0.244. The number of likely N-dealkylation sites (tertiary alicyclic amines) is 2. The summed E-state index contributed by atoms with van der Waals surface area (Å²) >= 11 is 0. The Labute approximate surface area is 377 Å². The van der Waals surface area contributed by atoms with E-state index in [9.17, 15) is 29.4 Å². The molecule has 12 aliphatic rings. The Bertz CT molecular complexity index is 2060. The minimum absolute atomic E-state index is 0.0220. The average molecular weight is 917 g/mol. The van der Waals surface area contributed by atoms with Crippen molar-refractivity contribution in [2.75, 3.05) is 26.2 Å². The summed E-state index contributed by atoms with van der Waals surface area (Å²) in [5.74, 6) is 2.19. The lowest BCUT2D eigenvalue weighted by atomic mass is 9.44. The second-order valence-corrected chi connectivity index (χ2v) is 29.1. The zero-order valence-electron chi connectivity index (χ0n) is 37.7. The van der Waals surface area contributed by atoms with Gasteiger partial charge in [0.1, 0.15) is 23.0 Å². The Morgan fingerprint density at radius 2 is 1.08 bits per heavy atom. The van der Waals surface area contributed by atoms with E-state index < -0.39 is 63.3 Å². The predicted octanol–water partition coefficient (Wildman–Crippen LogP) is 5.05. The second kappa shape index (κ2) is 14.1. The van der Waals surface area contributed by atoms with E-state index in [1.165, 1.54) is 25.7 Å². The molecule has 0 radical (unpaired) electrons. The third kappa shape index (κ3) is 6.06. The molecular formula is C48H64N2O12Si2. The van der Waals surface area contributed by atoms with Gasteiger partial charge < -0.3 is 37.4 Å². The van der Waals surface area contributed by atoms with Gasteiger partial charge >= 0.3 is 17.1 Å². The van der Waals surface area contributed by atoms with Crippen LogP contribution in [0.1, 0.15) is 89.9 Å². The highest BCUT2D eigenvalue weighted by Crippen LogP contribution is 2.71. The molecule has 12 atom stereocenters. The fourth-order valence-electron chi connectivity index (χ4n) is 15.3. The monoisotopic (exact) mass is 916 g/mol. The number of ether oxygens (including phenoxy) is 2. The molecule has 12 rings (SSSR count). The van der Waals surface area contributed by atoms with Crippen molar-refractivity contribution in [3.8, 4) is 0 Å². The third-order valence-corrected chi connectivity index (χ3v) is 20.9. The summed E-state index contributed by atoms with van der Waals surface area (Å²) < 4.78 is 38.3. The van der Waals surface area contributed by atoms with E-state index in [2.05, 4.69) is 22.0 Å². The molecule has 10 fully saturated rings. The van der Waals surface area contributed by atoms with Crippen LogP contribution < -0.4 is 0 Å². The number of aliphatic hydroxyl groups is 2. The van der Waals surface area contributed by atoms with Crippen molar-refractivity contribution in [2.45, 2.75) is 152 Å². The van der Waals surface area contributed by atoms with Gasteiger partial charge in [-0.2, -0.15) is 0 Å². The standard InChI is InChI=1S/C48H64N2O12Si2/c1-63(2,59-33-11-9-29-23-35-47(55)17-15-31(51)43-45(47,39(29)41(33)57-43)19-21-49(35)25-27-5-6-27)61-37(53)13-14-38(54)62-64(3,4)60-34-12-10-30-24-36-48(56)18-16-32(52)44-46(48,40(30)42(34)58-44)20-22-50(36)26-28-7-8-28/h9-12,27-30,35-36,39-40,43-44,55-56H,5-8,13-26H2,1-4H3/t29?,30?,35-,36-,39?,40?,43+,44+,45+,46+,47-,48-/m1/s1. The smallest absolute Gasteiger partial charge is 0.456 e. The van der Waals surface area contributed by atoms with Gasteiger partial charge in [0.25, 0.3) is 11.9 Å². The second-order valence-electron chi connectivity index (χ2n) is 22.6. The Kier molecular flexibility index (Phi) is 9.29. The predicted molar refractivity (Wildman–Crippen MR) is 232 cm³/mol. The van der Waals surface area contributed by atoms with Gasteiger partial charge in [0.15, 0.2) is 23.8 Å². The average Bonchev–Trinajstić information content (AvgIpc) is 4.16. The molecule has 0 aromatic carbocycles. The highest BCUT2D eigenvalue weighted by atomic mass is 28.4. The lowest BCUT2D eigenvalue weighted by Gasteiger charge is -2.65. The largest absolute Gasteiger partial charge is 0.509 e. The van der Waals surface area contributed by atoms with E-state index >= 15 is 0 Å². The first-order chi connectivity index (χ1) is 30.5. The Morgan fingerprint density at radius 3 is 1.47 bits per heavy atom. The van der Waals surface area contributed by atoms with Crippen LogP contribution in [0.15, 0.2) is 47.3 Å². The zero-order chi connectivity index (χ0) is 44.3. The summed E-state index contributed by atoms with van der Waals surface area (Å²) in [5.41, 5.74) is -3.52. The number of ketones is 2. The molecule has 2 spiro atoms. The molecule has 8 aliphatic carbocycles. The maximum absolute atomic E-state index is 13.6. The maximum Gasteiger partial charge on any atom is 0.456 e. The van der Waals surface area contributed by atoms with Crippen LogP contribution in [0.25, 0.3) is 0 Å². The first-order valence-electron chi connectivity index (χ1n) is 24.4. The molecule has 4 heterocycles. The molecule has 14 nitrogen and oxygen atoms in total. The molecular weight excluding hydrogens is 853 g/mol. The van der Waals surface area contributed by atoms with Crippen molar-refractivity contribution >= 4 is 40.6 Å². The topological polar surface area (TPSA) is 171 Å². The van der Waals surface area contributed by atoms with Crippen LogP contribution in [0.2, 0.25) is 26.2 Å². The number of hydrogen-bond donors (Lipinski definition) is 2. The number of nitrogens with zero attached hydrogens (tertiary/aromatic N) is 2. The zero-order valence-corrected chi connectivity index (χ0v) is 39.7. The molecule has 0 aromatic heterocycles. The van der Waals surface area contributed by atoms with Crippen LogP contribution in [0.3, 0.4) is 0 Å². The molecule has 4 aliphatic heterocycles. The molecule has 4 unspecified atom stereocenters. The normalized spacial score (nSPS) is 42.7. The fraction of sp³-hybridized carbons (Fsp3) is 0.750. The van der Waals surface area contributed by atoms with Crippen molar-refractivity contribution in [2.24, 2.45) is 46.3 Å². The SMILES string of the molecule is C[Si](C)(OC(=O)CCC(=O)O[Si](C)(C)OC1=C2O[C@H]3C(=O)CC[C@@]4(O)[C@H]5CC(C=C1)C2[C@@]34CCN5CC1CC1)OC1=C2O[C@H]3C(=O)CC[C@@]4(O)[C@H]5CC(C=C1)C2[C@@]34CCN5CC1CC1. The van der Waals surface area contributed by atoms with Gasteiger partial charge in [0.05, 0.1) is 34.9 Å². The van der Waals surface area contributed by atoms with E-state index in [0.717, 1.165) is 39.0 Å². The van der Waals surface area contributed by atoms with Gasteiger partial charge in [0.2, 0.25) is 0 Å². The van der Waals surface area contributed by atoms with Gasteiger partial charge in [0, 0.05) is 76.0 Å². The third-order valence-electron chi connectivity index (χ3n) is 18.1. The van der Waals surface area contributed by atoms with E-state index in [0.29, 0.717) is 60.6 Å². The number of rotatable bonds is 13. The molecule has 16 heteroatoms. The van der Waals surface area contributed by atoms with Crippen molar-refractivity contribution < 1.29 is 56.6 Å².